The van der Waals surface area contributed by atoms with E-state index in [1.165, 1.54) is 4.90 Å². The standard InChI is InChI=1S/C13H13BrClNO3/c1-8-6-9(14)7-10-11(8)16(13(18)12(10)17)3-5-19-4-2-15/h6-7H,2-5H2,1H3. The molecule has 0 saturated heterocycles. The Morgan fingerprint density at radius 2 is 2.05 bits per heavy atom. The summed E-state index contributed by atoms with van der Waals surface area (Å²) < 4.78 is 6.06. The molecule has 2 rings (SSSR count). The van der Waals surface area contributed by atoms with Crippen molar-refractivity contribution < 1.29 is 14.3 Å². The molecule has 1 aliphatic rings. The molecule has 1 aliphatic heterocycles. The molecule has 1 heterocycles. The third-order valence-corrected chi connectivity index (χ3v) is 3.51. The maximum atomic E-state index is 12.0. The van der Waals surface area contributed by atoms with E-state index in [-0.39, 0.29) is 0 Å². The van der Waals surface area contributed by atoms with Crippen LogP contribution >= 0.6 is 27.5 Å². The fourth-order valence-electron chi connectivity index (χ4n) is 2.13. The highest BCUT2D eigenvalue weighted by Gasteiger charge is 2.36. The van der Waals surface area contributed by atoms with Crippen molar-refractivity contribution in [1.82, 2.24) is 0 Å². The minimum Gasteiger partial charge on any atom is -0.378 e. The number of rotatable bonds is 5. The van der Waals surface area contributed by atoms with E-state index < -0.39 is 11.7 Å². The summed E-state index contributed by atoms with van der Waals surface area (Å²) in [6.45, 7) is 3.03. The number of anilines is 1. The molecule has 0 bridgehead atoms. The van der Waals surface area contributed by atoms with Crippen LogP contribution in [0.15, 0.2) is 16.6 Å². The van der Waals surface area contributed by atoms with E-state index >= 15 is 0 Å². The van der Waals surface area contributed by atoms with Gasteiger partial charge in [-0.2, -0.15) is 0 Å². The molecule has 0 fully saturated rings. The predicted octanol–water partition coefficient (Wildman–Crippen LogP) is 2.54. The summed E-state index contributed by atoms with van der Waals surface area (Å²) >= 11 is 8.84. The van der Waals surface area contributed by atoms with Crippen LogP contribution in [0.2, 0.25) is 0 Å². The first-order chi connectivity index (χ1) is 9.06. The maximum Gasteiger partial charge on any atom is 0.299 e. The van der Waals surface area contributed by atoms with Crippen LogP contribution < -0.4 is 4.90 Å². The Bertz CT molecular complexity index is 533. The van der Waals surface area contributed by atoms with Gasteiger partial charge in [-0.05, 0) is 24.6 Å². The minimum absolute atomic E-state index is 0.358. The quantitative estimate of drug-likeness (QED) is 0.468. The topological polar surface area (TPSA) is 46.6 Å². The Morgan fingerprint density at radius 1 is 1.32 bits per heavy atom. The van der Waals surface area contributed by atoms with Crippen molar-refractivity contribution in [3.05, 3.63) is 27.7 Å². The van der Waals surface area contributed by atoms with Crippen molar-refractivity contribution in [1.29, 1.82) is 0 Å². The normalized spacial score (nSPS) is 14.2. The number of carbonyl (C=O) groups is 2. The monoisotopic (exact) mass is 345 g/mol. The van der Waals surface area contributed by atoms with Gasteiger partial charge in [0.05, 0.1) is 24.5 Å². The van der Waals surface area contributed by atoms with E-state index in [0.29, 0.717) is 36.9 Å². The summed E-state index contributed by atoms with van der Waals surface area (Å²) in [6, 6.07) is 3.57. The third kappa shape index (κ3) is 2.83. The third-order valence-electron chi connectivity index (χ3n) is 2.90. The lowest BCUT2D eigenvalue weighted by Crippen LogP contribution is -2.33. The van der Waals surface area contributed by atoms with E-state index in [4.69, 9.17) is 16.3 Å². The average Bonchev–Trinajstić information content (AvgIpc) is 2.60. The first-order valence-electron chi connectivity index (χ1n) is 5.86. The molecule has 0 saturated carbocycles. The van der Waals surface area contributed by atoms with E-state index in [9.17, 15) is 9.59 Å². The molecular weight excluding hydrogens is 334 g/mol. The summed E-state index contributed by atoms with van der Waals surface area (Å²) in [4.78, 5) is 25.4. The van der Waals surface area contributed by atoms with Gasteiger partial charge in [0.15, 0.2) is 0 Å². The van der Waals surface area contributed by atoms with Crippen molar-refractivity contribution >= 4 is 44.9 Å². The zero-order valence-corrected chi connectivity index (χ0v) is 12.8. The number of benzene rings is 1. The zero-order chi connectivity index (χ0) is 14.0. The Hall–Kier alpha value is -0.910. The van der Waals surface area contributed by atoms with Crippen molar-refractivity contribution in [2.75, 3.05) is 30.5 Å². The number of halogens is 2. The van der Waals surface area contributed by atoms with Gasteiger partial charge in [0.2, 0.25) is 0 Å². The molecule has 1 amide bonds. The van der Waals surface area contributed by atoms with Gasteiger partial charge in [-0.15, -0.1) is 11.6 Å². The number of aryl methyl sites for hydroxylation is 1. The highest BCUT2D eigenvalue weighted by atomic mass is 79.9. The zero-order valence-electron chi connectivity index (χ0n) is 10.4. The van der Waals surface area contributed by atoms with Crippen molar-refractivity contribution in [2.45, 2.75) is 6.92 Å². The van der Waals surface area contributed by atoms with Crippen LogP contribution in [0.5, 0.6) is 0 Å². The van der Waals surface area contributed by atoms with E-state index in [0.717, 1.165) is 10.0 Å². The molecule has 4 nitrogen and oxygen atoms in total. The number of ether oxygens (including phenoxy) is 1. The molecule has 19 heavy (non-hydrogen) atoms. The van der Waals surface area contributed by atoms with E-state index in [1.807, 2.05) is 13.0 Å². The smallest absolute Gasteiger partial charge is 0.299 e. The van der Waals surface area contributed by atoms with Crippen molar-refractivity contribution in [2.24, 2.45) is 0 Å². The number of hydrogen-bond acceptors (Lipinski definition) is 3. The van der Waals surface area contributed by atoms with Gasteiger partial charge in [-0.3, -0.25) is 9.59 Å². The molecule has 0 spiro atoms. The molecule has 0 aliphatic carbocycles. The highest BCUT2D eigenvalue weighted by molar-refractivity contribution is 9.10. The van der Waals surface area contributed by atoms with Crippen LogP contribution in [0.25, 0.3) is 0 Å². The number of hydrogen-bond donors (Lipinski definition) is 0. The summed E-state index contributed by atoms with van der Waals surface area (Å²) in [6.07, 6.45) is 0. The summed E-state index contributed by atoms with van der Waals surface area (Å²) in [5, 5.41) is 0. The SMILES string of the molecule is Cc1cc(Br)cc2c1N(CCOCCCl)C(=O)C2=O. The molecule has 102 valence electrons. The molecular formula is C13H13BrClNO3. The van der Waals surface area contributed by atoms with Crippen LogP contribution in [-0.2, 0) is 9.53 Å². The fourth-order valence-corrected chi connectivity index (χ4v) is 2.81. The molecule has 0 radical (unpaired) electrons. The van der Waals surface area contributed by atoms with Gasteiger partial charge in [-0.25, -0.2) is 0 Å². The average molecular weight is 347 g/mol. The number of amides is 1. The Labute approximate surface area is 124 Å². The first-order valence-corrected chi connectivity index (χ1v) is 7.19. The lowest BCUT2D eigenvalue weighted by atomic mass is 10.1. The maximum absolute atomic E-state index is 12.0. The summed E-state index contributed by atoms with van der Waals surface area (Å²) in [5.74, 6) is -0.544. The second-order valence-electron chi connectivity index (χ2n) is 4.21. The largest absolute Gasteiger partial charge is 0.378 e. The highest BCUT2D eigenvalue weighted by Crippen LogP contribution is 2.34. The van der Waals surface area contributed by atoms with E-state index in [2.05, 4.69) is 15.9 Å². The molecule has 0 N–H and O–H groups in total. The van der Waals surface area contributed by atoms with Crippen LogP contribution in [-0.4, -0.2) is 37.3 Å². The minimum atomic E-state index is -0.495. The van der Waals surface area contributed by atoms with Crippen LogP contribution in [0, 0.1) is 6.92 Å². The van der Waals surface area contributed by atoms with Crippen LogP contribution in [0.3, 0.4) is 0 Å². The summed E-state index contributed by atoms with van der Waals surface area (Å²) in [7, 11) is 0. The Morgan fingerprint density at radius 3 is 2.74 bits per heavy atom. The lowest BCUT2D eigenvalue weighted by Gasteiger charge is -2.18. The van der Waals surface area contributed by atoms with Gasteiger partial charge >= 0.3 is 0 Å². The second kappa shape index (κ2) is 6.03. The Balaban J connectivity index is 2.23. The van der Waals surface area contributed by atoms with Gasteiger partial charge in [0.1, 0.15) is 0 Å². The summed E-state index contributed by atoms with van der Waals surface area (Å²) in [5.41, 5.74) is 2.03. The fraction of sp³-hybridized carbons (Fsp3) is 0.385. The van der Waals surface area contributed by atoms with Crippen LogP contribution in [0.4, 0.5) is 5.69 Å². The predicted molar refractivity (Wildman–Crippen MR) is 77.1 cm³/mol. The number of alkyl halides is 1. The molecule has 0 unspecified atom stereocenters. The number of ketones is 1. The Kier molecular flexibility index (Phi) is 4.60. The van der Waals surface area contributed by atoms with E-state index in [1.54, 1.807) is 6.07 Å². The van der Waals surface area contributed by atoms with Crippen molar-refractivity contribution in [3.8, 4) is 0 Å². The van der Waals surface area contributed by atoms with Gasteiger partial charge < -0.3 is 9.64 Å². The molecule has 6 heteroatoms. The first kappa shape index (κ1) is 14.5. The lowest BCUT2D eigenvalue weighted by molar-refractivity contribution is -0.114. The number of Topliss-reactive ketones (excluding diaryl/α,β-unsaturated/α-hetero) is 1. The molecule has 0 aromatic heterocycles. The molecule has 1 aromatic rings. The van der Waals surface area contributed by atoms with Gasteiger partial charge in [0.25, 0.3) is 11.7 Å². The molecule has 0 atom stereocenters. The van der Waals surface area contributed by atoms with Gasteiger partial charge in [0, 0.05) is 16.9 Å². The number of fused-ring (bicyclic) bond motifs is 1. The van der Waals surface area contributed by atoms with Gasteiger partial charge in [-0.1, -0.05) is 15.9 Å². The van der Waals surface area contributed by atoms with Crippen molar-refractivity contribution in [3.63, 3.8) is 0 Å². The molecule has 1 aromatic carbocycles. The number of nitrogens with zero attached hydrogens (tertiary/aromatic N) is 1. The number of carbonyl (C=O) groups excluding carboxylic acids is 2. The van der Waals surface area contributed by atoms with Crippen LogP contribution in [0.1, 0.15) is 15.9 Å². The second-order valence-corrected chi connectivity index (χ2v) is 5.50.